The van der Waals surface area contributed by atoms with Crippen LogP contribution in [0.15, 0.2) is 0 Å². The molecule has 0 rings (SSSR count). The quantitative estimate of drug-likeness (QED) is 0.502. The standard InChI is InChI=1S/C10H22.C6H16N2/c1-3-5-7-9-10-8-6-4-2;7-5-3-1-2-4-6-8/h3-10H2,1-2H3;1-8H2. The van der Waals surface area contributed by atoms with Gasteiger partial charge >= 0.3 is 0 Å². The minimum Gasteiger partial charge on any atom is -0.330 e. The Labute approximate surface area is 116 Å². The van der Waals surface area contributed by atoms with Crippen molar-refractivity contribution in [3.63, 3.8) is 0 Å². The van der Waals surface area contributed by atoms with Crippen LogP contribution in [-0.4, -0.2) is 13.1 Å². The fourth-order valence-corrected chi connectivity index (χ4v) is 1.85. The Balaban J connectivity index is 0. The molecule has 0 aromatic heterocycles. The third-order valence-electron chi connectivity index (χ3n) is 3.12. The second-order valence-corrected chi connectivity index (χ2v) is 5.11. The van der Waals surface area contributed by atoms with Crippen LogP contribution in [0.1, 0.15) is 90.9 Å². The molecule has 0 fully saturated rings. The van der Waals surface area contributed by atoms with Crippen molar-refractivity contribution in [1.29, 1.82) is 0 Å². The van der Waals surface area contributed by atoms with Crippen LogP contribution in [0.3, 0.4) is 0 Å². The minimum absolute atomic E-state index is 0.824. The molecule has 0 heterocycles. The third-order valence-corrected chi connectivity index (χ3v) is 3.12. The molecule has 0 aliphatic rings. The highest BCUT2D eigenvalue weighted by Crippen LogP contribution is 2.07. The van der Waals surface area contributed by atoms with E-state index in [1.165, 1.54) is 64.2 Å². The van der Waals surface area contributed by atoms with Gasteiger partial charge in [0.15, 0.2) is 0 Å². The van der Waals surface area contributed by atoms with Crippen molar-refractivity contribution >= 4 is 0 Å². The lowest BCUT2D eigenvalue weighted by Gasteiger charge is -1.97. The van der Waals surface area contributed by atoms with Crippen molar-refractivity contribution in [3.05, 3.63) is 0 Å². The van der Waals surface area contributed by atoms with Gasteiger partial charge in [0.1, 0.15) is 0 Å². The maximum Gasteiger partial charge on any atom is -0.00773 e. The molecule has 0 saturated heterocycles. The first-order valence-electron chi connectivity index (χ1n) is 8.23. The van der Waals surface area contributed by atoms with Gasteiger partial charge in [0.05, 0.1) is 0 Å². The predicted octanol–water partition coefficient (Wildman–Crippen LogP) is 4.61. The molecule has 0 aliphatic carbocycles. The summed E-state index contributed by atoms with van der Waals surface area (Å²) in [6.07, 6.45) is 16.3. The Bertz CT molecular complexity index is 102. The van der Waals surface area contributed by atoms with Crippen LogP contribution in [0, 0.1) is 0 Å². The lowest BCUT2D eigenvalue weighted by molar-refractivity contribution is 0.585. The van der Waals surface area contributed by atoms with E-state index in [0.717, 1.165) is 25.9 Å². The molecule has 0 saturated carbocycles. The van der Waals surface area contributed by atoms with Gasteiger partial charge in [0, 0.05) is 0 Å². The fourth-order valence-electron chi connectivity index (χ4n) is 1.85. The molecule has 0 aromatic rings. The van der Waals surface area contributed by atoms with Gasteiger partial charge in [-0.15, -0.1) is 0 Å². The molecule has 0 radical (unpaired) electrons. The average molecular weight is 258 g/mol. The summed E-state index contributed by atoms with van der Waals surface area (Å²) in [5.41, 5.74) is 10.6. The minimum atomic E-state index is 0.824. The molecule has 0 bridgehead atoms. The zero-order chi connectivity index (χ0) is 13.9. The Hall–Kier alpha value is -0.0800. The van der Waals surface area contributed by atoms with E-state index >= 15 is 0 Å². The molecule has 0 aromatic carbocycles. The summed E-state index contributed by atoms with van der Waals surface area (Å²) >= 11 is 0. The molecule has 0 atom stereocenters. The van der Waals surface area contributed by atoms with Crippen molar-refractivity contribution in [2.24, 2.45) is 11.5 Å². The SMILES string of the molecule is CCCCCCCCCC.NCCCCCCN. The first kappa shape index (κ1) is 20.2. The summed E-state index contributed by atoms with van der Waals surface area (Å²) in [5.74, 6) is 0. The number of hydrogen-bond donors (Lipinski definition) is 2. The number of rotatable bonds is 12. The smallest absolute Gasteiger partial charge is 0.00773 e. The number of unbranched alkanes of at least 4 members (excludes halogenated alkanes) is 10. The summed E-state index contributed by atoms with van der Waals surface area (Å²) in [4.78, 5) is 0. The lowest BCUT2D eigenvalue weighted by atomic mass is 10.1. The van der Waals surface area contributed by atoms with E-state index in [0.29, 0.717) is 0 Å². The molecule has 0 unspecified atom stereocenters. The molecule has 112 valence electrons. The fraction of sp³-hybridized carbons (Fsp3) is 1.00. The Kier molecular flexibility index (Phi) is 24.9. The first-order chi connectivity index (χ1) is 8.83. The number of hydrogen-bond acceptors (Lipinski definition) is 2. The third kappa shape index (κ3) is 24.9. The van der Waals surface area contributed by atoms with Gasteiger partial charge in [0.2, 0.25) is 0 Å². The van der Waals surface area contributed by atoms with E-state index in [4.69, 9.17) is 11.5 Å². The van der Waals surface area contributed by atoms with Gasteiger partial charge < -0.3 is 11.5 Å². The van der Waals surface area contributed by atoms with Crippen LogP contribution in [0.5, 0.6) is 0 Å². The second kappa shape index (κ2) is 22.1. The van der Waals surface area contributed by atoms with Crippen LogP contribution in [-0.2, 0) is 0 Å². The van der Waals surface area contributed by atoms with Crippen LogP contribution in [0.25, 0.3) is 0 Å². The van der Waals surface area contributed by atoms with E-state index in [1.807, 2.05) is 0 Å². The summed E-state index contributed by atoms with van der Waals surface area (Å²) in [7, 11) is 0. The molecule has 2 heteroatoms. The Morgan fingerprint density at radius 2 is 0.722 bits per heavy atom. The number of nitrogens with two attached hydrogens (primary N) is 2. The van der Waals surface area contributed by atoms with Crippen molar-refractivity contribution in [3.8, 4) is 0 Å². The van der Waals surface area contributed by atoms with E-state index in [9.17, 15) is 0 Å². The molecule has 0 aliphatic heterocycles. The van der Waals surface area contributed by atoms with Crippen LogP contribution >= 0.6 is 0 Å². The molecule has 2 nitrogen and oxygen atoms in total. The highest BCUT2D eigenvalue weighted by Gasteiger charge is 1.87. The van der Waals surface area contributed by atoms with Gasteiger partial charge in [0.25, 0.3) is 0 Å². The summed E-state index contributed by atoms with van der Waals surface area (Å²) in [6, 6.07) is 0. The molecular weight excluding hydrogens is 220 g/mol. The Morgan fingerprint density at radius 1 is 0.444 bits per heavy atom. The zero-order valence-electron chi connectivity index (χ0n) is 13.1. The zero-order valence-corrected chi connectivity index (χ0v) is 13.1. The maximum absolute atomic E-state index is 5.28. The maximum atomic E-state index is 5.28. The van der Waals surface area contributed by atoms with E-state index in [2.05, 4.69) is 13.8 Å². The molecule has 4 N–H and O–H groups in total. The largest absolute Gasteiger partial charge is 0.330 e. The topological polar surface area (TPSA) is 52.0 Å². The van der Waals surface area contributed by atoms with Crippen LogP contribution in [0.4, 0.5) is 0 Å². The normalized spacial score (nSPS) is 10.0. The summed E-state index contributed by atoms with van der Waals surface area (Å²) < 4.78 is 0. The van der Waals surface area contributed by atoms with Crippen molar-refractivity contribution in [2.75, 3.05) is 13.1 Å². The van der Waals surface area contributed by atoms with Gasteiger partial charge in [-0.1, -0.05) is 78.1 Å². The average Bonchev–Trinajstić information content (AvgIpc) is 2.40. The van der Waals surface area contributed by atoms with Crippen molar-refractivity contribution in [2.45, 2.75) is 90.9 Å². The highest BCUT2D eigenvalue weighted by molar-refractivity contribution is 4.43. The van der Waals surface area contributed by atoms with E-state index < -0.39 is 0 Å². The van der Waals surface area contributed by atoms with Crippen LogP contribution < -0.4 is 11.5 Å². The van der Waals surface area contributed by atoms with E-state index in [-0.39, 0.29) is 0 Å². The molecule has 18 heavy (non-hydrogen) atoms. The van der Waals surface area contributed by atoms with Crippen molar-refractivity contribution in [1.82, 2.24) is 0 Å². The van der Waals surface area contributed by atoms with E-state index in [1.54, 1.807) is 0 Å². The van der Waals surface area contributed by atoms with Gasteiger partial charge in [-0.25, -0.2) is 0 Å². The lowest BCUT2D eigenvalue weighted by Crippen LogP contribution is -2.00. The van der Waals surface area contributed by atoms with Gasteiger partial charge in [-0.05, 0) is 25.9 Å². The molecule has 0 spiro atoms. The van der Waals surface area contributed by atoms with Gasteiger partial charge in [-0.2, -0.15) is 0 Å². The summed E-state index contributed by atoms with van der Waals surface area (Å²) in [5, 5.41) is 0. The van der Waals surface area contributed by atoms with Gasteiger partial charge in [-0.3, -0.25) is 0 Å². The monoisotopic (exact) mass is 258 g/mol. The predicted molar refractivity (Wildman–Crippen MR) is 84.9 cm³/mol. The molecule has 0 amide bonds. The van der Waals surface area contributed by atoms with Crippen molar-refractivity contribution < 1.29 is 0 Å². The highest BCUT2D eigenvalue weighted by atomic mass is 14.5. The Morgan fingerprint density at radius 3 is 1.00 bits per heavy atom. The van der Waals surface area contributed by atoms with Crippen LogP contribution in [0.2, 0.25) is 0 Å². The first-order valence-corrected chi connectivity index (χ1v) is 8.23. The summed E-state index contributed by atoms with van der Waals surface area (Å²) in [6.45, 7) is 6.19. The second-order valence-electron chi connectivity index (χ2n) is 5.11. The molecular formula is C16H38N2.